The van der Waals surface area contributed by atoms with E-state index in [4.69, 9.17) is 0 Å². The largest absolute Gasteiger partial charge is 0.480 e. The number of carbonyl (C=O) groups is 1. The van der Waals surface area contributed by atoms with E-state index in [-0.39, 0.29) is 6.16 Å². The molecule has 0 aliphatic carbocycles. The van der Waals surface area contributed by atoms with Crippen molar-refractivity contribution in [2.24, 2.45) is 0 Å². The fourth-order valence-corrected chi connectivity index (χ4v) is 4.20. The van der Waals surface area contributed by atoms with E-state index in [0.29, 0.717) is 11.1 Å². The van der Waals surface area contributed by atoms with Gasteiger partial charge in [-0.05, 0) is 28.0 Å². The van der Waals surface area contributed by atoms with Crippen LogP contribution in [0.5, 0.6) is 0 Å². The highest BCUT2D eigenvalue weighted by atomic mass is 31.2. The first-order valence-corrected chi connectivity index (χ1v) is 9.64. The van der Waals surface area contributed by atoms with E-state index in [0.717, 1.165) is 10.8 Å². The van der Waals surface area contributed by atoms with Crippen LogP contribution in [0.3, 0.4) is 0 Å². The van der Waals surface area contributed by atoms with Gasteiger partial charge in [0.15, 0.2) is 0 Å². The highest BCUT2D eigenvalue weighted by Gasteiger charge is 2.29. The van der Waals surface area contributed by atoms with E-state index < -0.39 is 19.5 Å². The molecule has 0 fully saturated rings. The molecule has 0 amide bonds. The van der Waals surface area contributed by atoms with E-state index in [1.165, 1.54) is 0 Å². The Morgan fingerprint density at radius 3 is 2.28 bits per heavy atom. The topological polar surface area (TPSA) is 86.6 Å². The van der Waals surface area contributed by atoms with Gasteiger partial charge in [0.2, 0.25) is 0 Å². The van der Waals surface area contributed by atoms with Gasteiger partial charge in [-0.3, -0.25) is 9.36 Å². The average molecular weight is 355 g/mol. The van der Waals surface area contributed by atoms with E-state index in [9.17, 15) is 19.4 Å². The summed E-state index contributed by atoms with van der Waals surface area (Å²) in [5.41, 5.74) is 1.11. The quantitative estimate of drug-likeness (QED) is 0.583. The number of rotatable bonds is 6. The number of benzene rings is 3. The van der Waals surface area contributed by atoms with E-state index in [1.807, 2.05) is 36.4 Å². The van der Waals surface area contributed by atoms with Gasteiger partial charge in [-0.15, -0.1) is 0 Å². The van der Waals surface area contributed by atoms with Crippen LogP contribution in [-0.4, -0.2) is 16.0 Å². The lowest BCUT2D eigenvalue weighted by Gasteiger charge is -2.20. The van der Waals surface area contributed by atoms with Crippen LogP contribution in [0.1, 0.15) is 17.2 Å². The highest BCUT2D eigenvalue weighted by molar-refractivity contribution is 7.55. The molecular weight excluding hydrogens is 337 g/mol. The first-order valence-electron chi connectivity index (χ1n) is 7.80. The number of hydrogen-bond donors (Lipinski definition) is 3. The van der Waals surface area contributed by atoms with Crippen molar-refractivity contribution in [2.45, 2.75) is 12.2 Å². The van der Waals surface area contributed by atoms with Crippen molar-refractivity contribution in [3.8, 4) is 0 Å². The summed E-state index contributed by atoms with van der Waals surface area (Å²) in [6, 6.07) is 20.3. The standard InChI is InChI=1S/C19H18NO4P/c21-19(22)18(17-11-10-15-8-4-5-9-16(15)12-17)20-25(23,24)13-14-6-2-1-3-7-14/h1-12,18H,13H2,(H,21,22)(H2,20,23,24). The number of hydrogen-bond acceptors (Lipinski definition) is 2. The molecule has 5 nitrogen and oxygen atoms in total. The number of carboxylic acids is 1. The van der Waals surface area contributed by atoms with Crippen LogP contribution in [0, 0.1) is 0 Å². The minimum absolute atomic E-state index is 0.134. The second-order valence-electron chi connectivity index (χ2n) is 5.85. The van der Waals surface area contributed by atoms with Crippen LogP contribution in [0.2, 0.25) is 0 Å². The zero-order valence-corrected chi connectivity index (χ0v) is 14.3. The van der Waals surface area contributed by atoms with Gasteiger partial charge in [-0.25, -0.2) is 5.09 Å². The predicted octanol–water partition coefficient (Wildman–Crippen LogP) is 3.94. The summed E-state index contributed by atoms with van der Waals surface area (Å²) in [5.74, 6) is -1.20. The predicted molar refractivity (Wildman–Crippen MR) is 97.4 cm³/mol. The molecule has 0 bridgehead atoms. The van der Waals surface area contributed by atoms with E-state index in [2.05, 4.69) is 5.09 Å². The van der Waals surface area contributed by atoms with Crippen molar-refractivity contribution in [3.63, 3.8) is 0 Å². The average Bonchev–Trinajstić information content (AvgIpc) is 2.59. The van der Waals surface area contributed by atoms with Crippen molar-refractivity contribution >= 4 is 24.3 Å². The molecule has 0 spiro atoms. The Morgan fingerprint density at radius 1 is 0.960 bits per heavy atom. The maximum atomic E-state index is 12.5. The highest BCUT2D eigenvalue weighted by Crippen LogP contribution is 2.43. The van der Waals surface area contributed by atoms with E-state index >= 15 is 0 Å². The molecule has 3 N–H and O–H groups in total. The zero-order valence-electron chi connectivity index (χ0n) is 13.4. The summed E-state index contributed by atoms with van der Waals surface area (Å²) >= 11 is 0. The minimum Gasteiger partial charge on any atom is -0.480 e. The molecule has 2 atom stereocenters. The molecule has 3 aromatic carbocycles. The molecule has 128 valence electrons. The van der Waals surface area contributed by atoms with Gasteiger partial charge in [0.25, 0.3) is 7.52 Å². The number of fused-ring (bicyclic) bond motifs is 1. The van der Waals surface area contributed by atoms with Crippen LogP contribution < -0.4 is 5.09 Å². The molecule has 6 heteroatoms. The molecular formula is C19H18NO4P. The molecule has 3 rings (SSSR count). The van der Waals surface area contributed by atoms with Crippen molar-refractivity contribution in [1.29, 1.82) is 0 Å². The Labute approximate surface area is 145 Å². The minimum atomic E-state index is -3.88. The Bertz CT molecular complexity index is 942. The third-order valence-electron chi connectivity index (χ3n) is 3.92. The van der Waals surface area contributed by atoms with Crippen LogP contribution in [0.4, 0.5) is 0 Å². The molecule has 3 aromatic rings. The van der Waals surface area contributed by atoms with Crippen molar-refractivity contribution < 1.29 is 19.4 Å². The molecule has 0 heterocycles. The fraction of sp³-hybridized carbons (Fsp3) is 0.105. The normalized spacial score (nSPS) is 14.8. The zero-order chi connectivity index (χ0) is 17.9. The summed E-state index contributed by atoms with van der Waals surface area (Å²) in [6.45, 7) is 0. The van der Waals surface area contributed by atoms with Gasteiger partial charge in [0.05, 0.1) is 6.16 Å². The molecule has 0 saturated carbocycles. The summed E-state index contributed by atoms with van der Waals surface area (Å²) in [4.78, 5) is 21.9. The summed E-state index contributed by atoms with van der Waals surface area (Å²) in [5, 5.41) is 13.8. The van der Waals surface area contributed by atoms with Crippen LogP contribution in [-0.2, 0) is 15.5 Å². The van der Waals surface area contributed by atoms with Gasteiger partial charge < -0.3 is 10.00 Å². The molecule has 0 aliphatic rings. The molecule has 0 radical (unpaired) electrons. The van der Waals surface area contributed by atoms with Gasteiger partial charge in [-0.1, -0.05) is 66.7 Å². The number of nitrogens with one attached hydrogen (secondary N) is 1. The maximum Gasteiger partial charge on any atom is 0.325 e. The number of aliphatic carboxylic acids is 1. The monoisotopic (exact) mass is 355 g/mol. The third kappa shape index (κ3) is 4.34. The number of carboxylic acid groups (broad SMARTS) is 1. The van der Waals surface area contributed by atoms with Gasteiger partial charge in [0.1, 0.15) is 6.04 Å². The van der Waals surface area contributed by atoms with Crippen LogP contribution in [0.25, 0.3) is 10.8 Å². The van der Waals surface area contributed by atoms with E-state index in [1.54, 1.807) is 36.4 Å². The summed E-state index contributed by atoms with van der Waals surface area (Å²) in [7, 11) is -3.88. The smallest absolute Gasteiger partial charge is 0.325 e. The Hall–Kier alpha value is -2.46. The van der Waals surface area contributed by atoms with Gasteiger partial charge in [-0.2, -0.15) is 0 Å². The Balaban J connectivity index is 1.87. The van der Waals surface area contributed by atoms with Crippen molar-refractivity contribution in [1.82, 2.24) is 5.09 Å². The molecule has 2 unspecified atom stereocenters. The first-order chi connectivity index (χ1) is 11.9. The third-order valence-corrected chi connectivity index (χ3v) is 5.38. The lowest BCUT2D eigenvalue weighted by atomic mass is 10.0. The Morgan fingerprint density at radius 2 is 1.60 bits per heavy atom. The molecule has 0 saturated heterocycles. The summed E-state index contributed by atoms with van der Waals surface area (Å²) in [6.07, 6.45) is -0.134. The van der Waals surface area contributed by atoms with Crippen LogP contribution >= 0.6 is 7.52 Å². The van der Waals surface area contributed by atoms with Crippen LogP contribution in [0.15, 0.2) is 72.8 Å². The lowest BCUT2D eigenvalue weighted by Crippen LogP contribution is -2.26. The maximum absolute atomic E-state index is 12.5. The molecule has 25 heavy (non-hydrogen) atoms. The van der Waals surface area contributed by atoms with Crippen molar-refractivity contribution in [2.75, 3.05) is 0 Å². The van der Waals surface area contributed by atoms with Gasteiger partial charge >= 0.3 is 5.97 Å². The summed E-state index contributed by atoms with van der Waals surface area (Å²) < 4.78 is 12.5. The second-order valence-corrected chi connectivity index (χ2v) is 7.83. The molecule has 0 aliphatic heterocycles. The SMILES string of the molecule is O=C(O)C(NP(=O)(O)Cc1ccccc1)c1ccc2ccccc2c1. The lowest BCUT2D eigenvalue weighted by molar-refractivity contribution is -0.139. The fourth-order valence-electron chi connectivity index (χ4n) is 2.74. The molecule has 0 aromatic heterocycles. The van der Waals surface area contributed by atoms with Gasteiger partial charge in [0, 0.05) is 0 Å². The van der Waals surface area contributed by atoms with Crippen molar-refractivity contribution in [3.05, 3.63) is 83.9 Å². The second kappa shape index (κ2) is 7.19. The first kappa shape index (κ1) is 17.4. The Kier molecular flexibility index (Phi) is 5.00.